The SMILES string of the molecule is O=C(Cc1csc(-c2ccccn2)n1)NCc1cnn(-c2ccccc2)c1. The van der Waals surface area contributed by atoms with E-state index in [1.807, 2.05) is 60.1 Å². The first kappa shape index (κ1) is 17.1. The Morgan fingerprint density at radius 2 is 1.96 bits per heavy atom. The predicted octanol–water partition coefficient (Wildman–Crippen LogP) is 3.25. The zero-order chi connectivity index (χ0) is 18.5. The summed E-state index contributed by atoms with van der Waals surface area (Å²) in [6.07, 6.45) is 5.65. The Morgan fingerprint density at radius 1 is 1.11 bits per heavy atom. The Labute approximate surface area is 160 Å². The van der Waals surface area contributed by atoms with Crippen LogP contribution in [0.25, 0.3) is 16.4 Å². The van der Waals surface area contributed by atoms with Gasteiger partial charge in [-0.1, -0.05) is 24.3 Å². The number of nitrogens with zero attached hydrogens (tertiary/aromatic N) is 4. The fourth-order valence-corrected chi connectivity index (χ4v) is 3.39. The van der Waals surface area contributed by atoms with E-state index >= 15 is 0 Å². The molecule has 0 bridgehead atoms. The summed E-state index contributed by atoms with van der Waals surface area (Å²) < 4.78 is 1.79. The molecule has 0 saturated carbocycles. The molecule has 0 fully saturated rings. The second-order valence-electron chi connectivity index (χ2n) is 5.94. The summed E-state index contributed by atoms with van der Waals surface area (Å²) in [5.74, 6) is -0.0691. The average Bonchev–Trinajstić information content (AvgIpc) is 3.37. The predicted molar refractivity (Wildman–Crippen MR) is 104 cm³/mol. The third kappa shape index (κ3) is 4.27. The summed E-state index contributed by atoms with van der Waals surface area (Å²) >= 11 is 1.49. The first-order valence-corrected chi connectivity index (χ1v) is 9.37. The molecule has 134 valence electrons. The lowest BCUT2D eigenvalue weighted by molar-refractivity contribution is -0.120. The molecule has 0 aliphatic rings. The van der Waals surface area contributed by atoms with E-state index in [2.05, 4.69) is 20.4 Å². The lowest BCUT2D eigenvalue weighted by Crippen LogP contribution is -2.24. The Hall–Kier alpha value is -3.32. The highest BCUT2D eigenvalue weighted by Gasteiger charge is 2.10. The van der Waals surface area contributed by atoms with Crippen molar-refractivity contribution in [1.29, 1.82) is 0 Å². The Balaban J connectivity index is 1.33. The van der Waals surface area contributed by atoms with Crippen LogP contribution >= 0.6 is 11.3 Å². The zero-order valence-corrected chi connectivity index (χ0v) is 15.3. The van der Waals surface area contributed by atoms with Gasteiger partial charge in [-0.2, -0.15) is 5.10 Å². The molecular weight excluding hydrogens is 358 g/mol. The molecule has 7 heteroatoms. The first-order chi connectivity index (χ1) is 13.3. The number of aromatic nitrogens is 4. The molecule has 4 rings (SSSR count). The van der Waals surface area contributed by atoms with Gasteiger partial charge >= 0.3 is 0 Å². The van der Waals surface area contributed by atoms with Crippen molar-refractivity contribution in [2.45, 2.75) is 13.0 Å². The minimum absolute atomic E-state index is 0.0691. The molecule has 4 aromatic rings. The van der Waals surface area contributed by atoms with Gasteiger partial charge in [-0.3, -0.25) is 9.78 Å². The van der Waals surface area contributed by atoms with Gasteiger partial charge in [0.1, 0.15) is 5.01 Å². The largest absolute Gasteiger partial charge is 0.352 e. The summed E-state index contributed by atoms with van der Waals surface area (Å²) in [4.78, 5) is 21.0. The molecule has 0 aliphatic heterocycles. The zero-order valence-electron chi connectivity index (χ0n) is 14.4. The van der Waals surface area contributed by atoms with E-state index in [4.69, 9.17) is 0 Å². The van der Waals surface area contributed by atoms with Crippen molar-refractivity contribution in [2.75, 3.05) is 0 Å². The quantitative estimate of drug-likeness (QED) is 0.561. The van der Waals surface area contributed by atoms with Crippen molar-refractivity contribution >= 4 is 17.2 Å². The second-order valence-corrected chi connectivity index (χ2v) is 6.80. The number of rotatable bonds is 6. The number of para-hydroxylation sites is 1. The van der Waals surface area contributed by atoms with E-state index < -0.39 is 0 Å². The number of hydrogen-bond donors (Lipinski definition) is 1. The Kier molecular flexibility index (Phi) is 5.02. The number of pyridine rings is 1. The normalized spacial score (nSPS) is 10.7. The van der Waals surface area contributed by atoms with Crippen LogP contribution in [0.15, 0.2) is 72.5 Å². The van der Waals surface area contributed by atoms with Crippen LogP contribution in [0.5, 0.6) is 0 Å². The number of hydrogen-bond acceptors (Lipinski definition) is 5. The summed E-state index contributed by atoms with van der Waals surface area (Å²) in [5.41, 5.74) is 3.50. The van der Waals surface area contributed by atoms with Crippen LogP contribution in [-0.4, -0.2) is 25.7 Å². The second kappa shape index (κ2) is 7.92. The lowest BCUT2D eigenvalue weighted by atomic mass is 10.3. The molecule has 0 saturated heterocycles. The number of amides is 1. The van der Waals surface area contributed by atoms with Crippen molar-refractivity contribution < 1.29 is 4.79 Å². The van der Waals surface area contributed by atoms with E-state index in [0.717, 1.165) is 27.6 Å². The van der Waals surface area contributed by atoms with E-state index in [1.54, 1.807) is 17.1 Å². The van der Waals surface area contributed by atoms with Gasteiger partial charge in [0.2, 0.25) is 5.91 Å². The van der Waals surface area contributed by atoms with E-state index in [1.165, 1.54) is 11.3 Å². The fourth-order valence-electron chi connectivity index (χ4n) is 2.60. The minimum atomic E-state index is -0.0691. The molecule has 27 heavy (non-hydrogen) atoms. The van der Waals surface area contributed by atoms with Crippen molar-refractivity contribution in [3.8, 4) is 16.4 Å². The van der Waals surface area contributed by atoms with Gasteiger partial charge in [0, 0.05) is 29.9 Å². The van der Waals surface area contributed by atoms with Crippen LogP contribution in [0.3, 0.4) is 0 Å². The van der Waals surface area contributed by atoms with E-state index in [9.17, 15) is 4.79 Å². The highest BCUT2D eigenvalue weighted by molar-refractivity contribution is 7.13. The molecule has 6 nitrogen and oxygen atoms in total. The standard InChI is InChI=1S/C20H17N5OS/c26-19(10-16-14-27-20(24-16)18-8-4-5-9-21-18)22-11-15-12-23-25(13-15)17-6-2-1-3-7-17/h1-9,12-14H,10-11H2,(H,22,26). The highest BCUT2D eigenvalue weighted by Crippen LogP contribution is 2.21. The molecule has 1 N–H and O–H groups in total. The minimum Gasteiger partial charge on any atom is -0.352 e. The molecule has 1 aromatic carbocycles. The summed E-state index contributed by atoms with van der Waals surface area (Å²) in [6, 6.07) is 15.6. The fraction of sp³-hybridized carbons (Fsp3) is 0.100. The number of benzene rings is 1. The molecule has 3 aromatic heterocycles. The van der Waals surface area contributed by atoms with Gasteiger partial charge in [0.25, 0.3) is 0 Å². The summed E-state index contributed by atoms with van der Waals surface area (Å²) in [7, 11) is 0. The third-order valence-corrected chi connectivity index (χ3v) is 4.84. The van der Waals surface area contributed by atoms with Crippen molar-refractivity contribution in [3.05, 3.63) is 83.8 Å². The first-order valence-electron chi connectivity index (χ1n) is 8.49. The van der Waals surface area contributed by atoms with Gasteiger partial charge in [0.05, 0.1) is 29.7 Å². The average molecular weight is 375 g/mol. The number of thiazole rings is 1. The Morgan fingerprint density at radius 3 is 2.78 bits per heavy atom. The van der Waals surface area contributed by atoms with Crippen LogP contribution in [-0.2, 0) is 17.8 Å². The third-order valence-electron chi connectivity index (χ3n) is 3.92. The number of nitrogens with one attached hydrogen (secondary N) is 1. The van der Waals surface area contributed by atoms with E-state index in [-0.39, 0.29) is 12.3 Å². The molecule has 3 heterocycles. The van der Waals surface area contributed by atoms with Crippen molar-refractivity contribution in [2.24, 2.45) is 0 Å². The van der Waals surface area contributed by atoms with E-state index in [0.29, 0.717) is 6.54 Å². The van der Waals surface area contributed by atoms with Crippen LogP contribution in [0, 0.1) is 0 Å². The van der Waals surface area contributed by atoms with Gasteiger partial charge in [-0.05, 0) is 24.3 Å². The summed E-state index contributed by atoms with van der Waals surface area (Å²) in [6.45, 7) is 0.433. The van der Waals surface area contributed by atoms with Crippen LogP contribution in [0.2, 0.25) is 0 Å². The van der Waals surface area contributed by atoms with Gasteiger partial charge < -0.3 is 5.32 Å². The summed E-state index contributed by atoms with van der Waals surface area (Å²) in [5, 5.41) is 9.97. The molecule has 0 atom stereocenters. The molecule has 0 unspecified atom stereocenters. The number of carbonyl (C=O) groups is 1. The molecule has 1 amide bonds. The monoisotopic (exact) mass is 375 g/mol. The van der Waals surface area contributed by atoms with Crippen molar-refractivity contribution in [3.63, 3.8) is 0 Å². The lowest BCUT2D eigenvalue weighted by Gasteiger charge is -2.02. The molecular formula is C20H17N5OS. The maximum absolute atomic E-state index is 12.2. The molecule has 0 spiro atoms. The van der Waals surface area contributed by atoms with Gasteiger partial charge in [0.15, 0.2) is 0 Å². The van der Waals surface area contributed by atoms with Gasteiger partial charge in [-0.25, -0.2) is 9.67 Å². The maximum atomic E-state index is 12.2. The molecule has 0 radical (unpaired) electrons. The van der Waals surface area contributed by atoms with Crippen LogP contribution in [0.4, 0.5) is 0 Å². The highest BCUT2D eigenvalue weighted by atomic mass is 32.1. The van der Waals surface area contributed by atoms with Crippen LogP contribution < -0.4 is 5.32 Å². The van der Waals surface area contributed by atoms with Gasteiger partial charge in [-0.15, -0.1) is 11.3 Å². The van der Waals surface area contributed by atoms with Crippen molar-refractivity contribution in [1.82, 2.24) is 25.1 Å². The Bertz CT molecular complexity index is 1030. The maximum Gasteiger partial charge on any atom is 0.226 e. The smallest absolute Gasteiger partial charge is 0.226 e. The van der Waals surface area contributed by atoms with Crippen LogP contribution in [0.1, 0.15) is 11.3 Å². The number of carbonyl (C=O) groups excluding carboxylic acids is 1. The topological polar surface area (TPSA) is 72.7 Å². The molecule has 0 aliphatic carbocycles.